The summed E-state index contributed by atoms with van der Waals surface area (Å²) in [6.07, 6.45) is -2.66. The van der Waals surface area contributed by atoms with Crippen LogP contribution in [0.15, 0.2) is 77.8 Å². The molecule has 35 heavy (non-hydrogen) atoms. The lowest BCUT2D eigenvalue weighted by atomic mass is 10.1. The Kier molecular flexibility index (Phi) is 6.55. The molecular weight excluding hydrogens is 477 g/mol. The van der Waals surface area contributed by atoms with Gasteiger partial charge in [-0.3, -0.25) is 0 Å². The van der Waals surface area contributed by atoms with Crippen LogP contribution in [0.5, 0.6) is 5.75 Å². The normalized spacial score (nSPS) is 13.1. The molecule has 3 aromatic carbocycles. The lowest BCUT2D eigenvalue weighted by Crippen LogP contribution is -2.37. The minimum absolute atomic E-state index is 0.0474. The molecule has 1 aromatic heterocycles. The van der Waals surface area contributed by atoms with Gasteiger partial charge in [0, 0.05) is 15.5 Å². The van der Waals surface area contributed by atoms with Crippen molar-refractivity contribution in [1.29, 1.82) is 0 Å². The molecule has 0 saturated carbocycles. The lowest BCUT2D eigenvalue weighted by molar-refractivity contribution is -0.152. The zero-order chi connectivity index (χ0) is 25.4. The summed E-state index contributed by atoms with van der Waals surface area (Å²) in [6.45, 7) is 5.05. The first kappa shape index (κ1) is 24.7. The number of nitrogens with zero attached hydrogens (tertiary/aromatic N) is 2. The quantitative estimate of drug-likeness (QED) is 0.273. The van der Waals surface area contributed by atoms with Crippen LogP contribution < -0.4 is 4.74 Å². The molecule has 0 fully saturated rings. The molecule has 0 aliphatic heterocycles. The van der Waals surface area contributed by atoms with Crippen molar-refractivity contribution in [2.45, 2.75) is 42.7 Å². The third kappa shape index (κ3) is 5.30. The molecule has 0 bridgehead atoms. The van der Waals surface area contributed by atoms with Gasteiger partial charge in [-0.1, -0.05) is 12.1 Å². The van der Waals surface area contributed by atoms with E-state index in [1.54, 1.807) is 34.8 Å². The van der Waals surface area contributed by atoms with E-state index in [0.717, 1.165) is 33.5 Å². The van der Waals surface area contributed by atoms with E-state index in [-0.39, 0.29) is 5.25 Å². The summed E-state index contributed by atoms with van der Waals surface area (Å²) >= 11 is 1.62. The summed E-state index contributed by atoms with van der Waals surface area (Å²) in [4.78, 5) is 12.2. The van der Waals surface area contributed by atoms with Crippen LogP contribution >= 0.6 is 11.8 Å². The summed E-state index contributed by atoms with van der Waals surface area (Å²) < 4.78 is 45.9. The molecular formula is C26H23F3N2O3S. The predicted molar refractivity (Wildman–Crippen MR) is 129 cm³/mol. The first-order valence-corrected chi connectivity index (χ1v) is 11.7. The van der Waals surface area contributed by atoms with Crippen molar-refractivity contribution in [2.75, 3.05) is 0 Å². The molecule has 4 rings (SSSR count). The Bertz CT molecular complexity index is 1350. The SMILES string of the molecule is CC(Sc1ccc(OC(C)(C)C(=O)O)cc1)c1cccc2c1cnn2-c1ccc(C(F)(F)F)cc1. The highest BCUT2D eigenvalue weighted by molar-refractivity contribution is 7.99. The number of aliphatic carboxylic acids is 1. The van der Waals surface area contributed by atoms with Crippen LogP contribution in [0.25, 0.3) is 16.6 Å². The number of alkyl halides is 3. The maximum absolute atomic E-state index is 12.9. The van der Waals surface area contributed by atoms with E-state index < -0.39 is 23.3 Å². The second-order valence-corrected chi connectivity index (χ2v) is 9.94. The number of hydrogen-bond acceptors (Lipinski definition) is 4. The predicted octanol–water partition coefficient (Wildman–Crippen LogP) is 7.14. The number of carboxylic acid groups (broad SMARTS) is 1. The average Bonchev–Trinajstić information content (AvgIpc) is 3.24. The van der Waals surface area contributed by atoms with Crippen molar-refractivity contribution in [2.24, 2.45) is 0 Å². The number of hydrogen-bond donors (Lipinski definition) is 1. The molecule has 0 aliphatic carbocycles. The van der Waals surface area contributed by atoms with Crippen LogP contribution in [0.1, 0.15) is 37.1 Å². The van der Waals surface area contributed by atoms with Crippen molar-refractivity contribution in [3.63, 3.8) is 0 Å². The van der Waals surface area contributed by atoms with Gasteiger partial charge in [-0.05, 0) is 80.9 Å². The lowest BCUT2D eigenvalue weighted by Gasteiger charge is -2.21. The van der Waals surface area contributed by atoms with E-state index in [2.05, 4.69) is 12.0 Å². The van der Waals surface area contributed by atoms with Gasteiger partial charge in [-0.25, -0.2) is 9.48 Å². The Hall–Kier alpha value is -3.46. The van der Waals surface area contributed by atoms with Gasteiger partial charge < -0.3 is 9.84 Å². The average molecular weight is 501 g/mol. The van der Waals surface area contributed by atoms with Gasteiger partial charge in [-0.2, -0.15) is 18.3 Å². The Morgan fingerprint density at radius 2 is 1.69 bits per heavy atom. The second-order valence-electron chi connectivity index (χ2n) is 8.53. The third-order valence-corrected chi connectivity index (χ3v) is 6.70. The number of thioether (sulfide) groups is 1. The Morgan fingerprint density at radius 1 is 1.03 bits per heavy atom. The molecule has 0 aliphatic rings. The Morgan fingerprint density at radius 3 is 2.29 bits per heavy atom. The molecule has 9 heteroatoms. The Labute approximate surface area is 204 Å². The molecule has 1 unspecified atom stereocenters. The number of carbonyl (C=O) groups is 1. The second kappa shape index (κ2) is 9.30. The van der Waals surface area contributed by atoms with E-state index >= 15 is 0 Å². The molecule has 5 nitrogen and oxygen atoms in total. The van der Waals surface area contributed by atoms with E-state index in [1.165, 1.54) is 26.0 Å². The zero-order valence-corrected chi connectivity index (χ0v) is 20.0. The van der Waals surface area contributed by atoms with E-state index in [1.807, 2.05) is 30.3 Å². The van der Waals surface area contributed by atoms with Crippen molar-refractivity contribution in [3.8, 4) is 11.4 Å². The van der Waals surface area contributed by atoms with Crippen LogP contribution in [0, 0.1) is 0 Å². The molecule has 182 valence electrons. The monoisotopic (exact) mass is 500 g/mol. The number of ether oxygens (including phenoxy) is 1. The van der Waals surface area contributed by atoms with Crippen LogP contribution in [-0.4, -0.2) is 26.5 Å². The number of fused-ring (bicyclic) bond motifs is 1. The number of benzene rings is 3. The number of carboxylic acids is 1. The fourth-order valence-electron chi connectivity index (χ4n) is 3.62. The van der Waals surface area contributed by atoms with Gasteiger partial charge in [0.05, 0.1) is 23.0 Å². The van der Waals surface area contributed by atoms with Gasteiger partial charge in [0.25, 0.3) is 0 Å². The van der Waals surface area contributed by atoms with Gasteiger partial charge in [0.15, 0.2) is 5.60 Å². The fraction of sp³-hybridized carbons (Fsp3) is 0.231. The third-order valence-electron chi connectivity index (χ3n) is 5.55. The minimum atomic E-state index is -4.39. The van der Waals surface area contributed by atoms with Gasteiger partial charge in [-0.15, -0.1) is 11.8 Å². The van der Waals surface area contributed by atoms with Crippen molar-refractivity contribution < 1.29 is 27.8 Å². The molecule has 1 heterocycles. The largest absolute Gasteiger partial charge is 0.478 e. The molecule has 0 spiro atoms. The van der Waals surface area contributed by atoms with E-state index in [4.69, 9.17) is 4.74 Å². The van der Waals surface area contributed by atoms with Crippen LogP contribution in [0.4, 0.5) is 13.2 Å². The van der Waals surface area contributed by atoms with E-state index in [0.29, 0.717) is 11.4 Å². The van der Waals surface area contributed by atoms with Crippen molar-refractivity contribution in [1.82, 2.24) is 9.78 Å². The standard InChI is InChI=1S/C26H23F3N2O3S/c1-16(35-20-13-11-19(12-14-20)34-25(2,3)24(32)33)21-5-4-6-23-22(21)15-30-31(23)18-9-7-17(8-10-18)26(27,28)29/h4-16H,1-3H3,(H,32,33). The first-order valence-electron chi connectivity index (χ1n) is 10.8. The highest BCUT2D eigenvalue weighted by Crippen LogP contribution is 2.39. The van der Waals surface area contributed by atoms with Gasteiger partial charge >= 0.3 is 12.1 Å². The zero-order valence-electron chi connectivity index (χ0n) is 19.2. The highest BCUT2D eigenvalue weighted by atomic mass is 32.2. The first-order chi connectivity index (χ1) is 16.5. The van der Waals surface area contributed by atoms with Crippen LogP contribution in [0.2, 0.25) is 0 Å². The van der Waals surface area contributed by atoms with Crippen molar-refractivity contribution >= 4 is 28.6 Å². The summed E-state index contributed by atoms with van der Waals surface area (Å²) in [6, 6.07) is 18.0. The molecule has 4 aromatic rings. The molecule has 1 atom stereocenters. The van der Waals surface area contributed by atoms with Crippen molar-refractivity contribution in [3.05, 3.63) is 84.1 Å². The summed E-state index contributed by atoms with van der Waals surface area (Å²) in [5.41, 5.74) is 0.356. The Balaban J connectivity index is 1.55. The summed E-state index contributed by atoms with van der Waals surface area (Å²) in [7, 11) is 0. The maximum atomic E-state index is 12.9. The maximum Gasteiger partial charge on any atom is 0.416 e. The highest BCUT2D eigenvalue weighted by Gasteiger charge is 2.30. The van der Waals surface area contributed by atoms with E-state index in [9.17, 15) is 23.1 Å². The smallest absolute Gasteiger partial charge is 0.416 e. The van der Waals surface area contributed by atoms with Gasteiger partial charge in [0.2, 0.25) is 0 Å². The molecule has 0 saturated heterocycles. The van der Waals surface area contributed by atoms with Gasteiger partial charge in [0.1, 0.15) is 5.75 Å². The topological polar surface area (TPSA) is 64.3 Å². The number of aromatic nitrogens is 2. The summed E-state index contributed by atoms with van der Waals surface area (Å²) in [5, 5.41) is 14.6. The number of rotatable bonds is 7. The van der Waals surface area contributed by atoms with Crippen LogP contribution in [0.3, 0.4) is 0 Å². The summed E-state index contributed by atoms with van der Waals surface area (Å²) in [5.74, 6) is -0.580. The minimum Gasteiger partial charge on any atom is -0.478 e. The molecule has 0 amide bonds. The fourth-order valence-corrected chi connectivity index (χ4v) is 4.65. The van der Waals surface area contributed by atoms with Crippen LogP contribution in [-0.2, 0) is 11.0 Å². The number of halogens is 3. The molecule has 1 N–H and O–H groups in total. The molecule has 0 radical (unpaired) electrons.